The molecule has 2 rings (SSSR count). The van der Waals surface area contributed by atoms with Crippen LogP contribution in [0.3, 0.4) is 0 Å². The van der Waals surface area contributed by atoms with E-state index in [1.807, 2.05) is 12.1 Å². The maximum Gasteiger partial charge on any atom is 0.249 e. The van der Waals surface area contributed by atoms with Gasteiger partial charge in [-0.15, -0.1) is 5.10 Å². The predicted octanol–water partition coefficient (Wildman–Crippen LogP) is 2.32. The molecule has 17 heavy (non-hydrogen) atoms. The fourth-order valence-electron chi connectivity index (χ4n) is 1.21. The highest BCUT2D eigenvalue weighted by atomic mass is 79.9. The summed E-state index contributed by atoms with van der Waals surface area (Å²) >= 11 is 3.33. The van der Waals surface area contributed by atoms with E-state index in [4.69, 9.17) is 15.9 Å². The van der Waals surface area contributed by atoms with Crippen molar-refractivity contribution in [2.24, 2.45) is 5.73 Å². The number of hydrogen-bond donors (Lipinski definition) is 2. The summed E-state index contributed by atoms with van der Waals surface area (Å²) in [5, 5.41) is 14.9. The fourth-order valence-corrected chi connectivity index (χ4v) is 1.48. The van der Waals surface area contributed by atoms with Gasteiger partial charge >= 0.3 is 0 Å². The van der Waals surface area contributed by atoms with Gasteiger partial charge in [-0.25, -0.2) is 0 Å². The van der Waals surface area contributed by atoms with E-state index >= 15 is 0 Å². The third-order valence-electron chi connectivity index (χ3n) is 2.01. The molecule has 6 heteroatoms. The molecule has 0 radical (unpaired) electrons. The second-order valence-electron chi connectivity index (χ2n) is 3.22. The molecule has 0 aliphatic carbocycles. The van der Waals surface area contributed by atoms with Gasteiger partial charge in [-0.1, -0.05) is 15.9 Å². The lowest BCUT2D eigenvalue weighted by atomic mass is 10.3. The highest BCUT2D eigenvalue weighted by molar-refractivity contribution is 9.10. The second kappa shape index (κ2) is 4.92. The average Bonchev–Trinajstić information content (AvgIpc) is 2.32. The van der Waals surface area contributed by atoms with Crippen molar-refractivity contribution in [3.8, 4) is 11.6 Å². The van der Waals surface area contributed by atoms with Gasteiger partial charge < -0.3 is 10.5 Å². The van der Waals surface area contributed by atoms with Crippen molar-refractivity contribution in [3.05, 3.63) is 46.6 Å². The minimum absolute atomic E-state index is 0.105. The van der Waals surface area contributed by atoms with Crippen LogP contribution in [0.15, 0.2) is 41.0 Å². The lowest BCUT2D eigenvalue weighted by molar-refractivity contribution is 0.454. The van der Waals surface area contributed by atoms with Gasteiger partial charge in [-0.3, -0.25) is 5.41 Å². The standard InChI is InChI=1S/C11H9BrN4O/c12-7-1-3-8(4-2-7)17-11-9(10(13)14)5-6-15-16-11/h1-6H,(H3,13,14). The van der Waals surface area contributed by atoms with E-state index in [0.29, 0.717) is 11.3 Å². The van der Waals surface area contributed by atoms with Crippen LogP contribution >= 0.6 is 15.9 Å². The van der Waals surface area contributed by atoms with Gasteiger partial charge in [0.1, 0.15) is 11.6 Å². The van der Waals surface area contributed by atoms with E-state index in [2.05, 4.69) is 26.1 Å². The van der Waals surface area contributed by atoms with Crippen molar-refractivity contribution in [2.75, 3.05) is 0 Å². The highest BCUT2D eigenvalue weighted by Gasteiger charge is 2.09. The first kappa shape index (κ1) is 11.5. The number of amidine groups is 1. The van der Waals surface area contributed by atoms with Crippen LogP contribution in [0.4, 0.5) is 0 Å². The first-order valence-corrected chi connectivity index (χ1v) is 5.55. The number of rotatable bonds is 3. The third kappa shape index (κ3) is 2.79. The molecule has 1 aromatic heterocycles. The number of nitrogens with one attached hydrogen (secondary N) is 1. The molecule has 1 heterocycles. The summed E-state index contributed by atoms with van der Waals surface area (Å²) in [4.78, 5) is 0. The summed E-state index contributed by atoms with van der Waals surface area (Å²) in [6, 6.07) is 8.84. The summed E-state index contributed by atoms with van der Waals surface area (Å²) in [7, 11) is 0. The van der Waals surface area contributed by atoms with Crippen LogP contribution in [0, 0.1) is 5.41 Å². The van der Waals surface area contributed by atoms with Crippen LogP contribution in [0.5, 0.6) is 11.6 Å². The second-order valence-corrected chi connectivity index (χ2v) is 4.14. The molecule has 0 saturated heterocycles. The SMILES string of the molecule is N=C(N)c1ccnnc1Oc1ccc(Br)cc1. The number of halogens is 1. The van der Waals surface area contributed by atoms with Crippen molar-refractivity contribution in [1.82, 2.24) is 10.2 Å². The molecule has 0 aliphatic heterocycles. The van der Waals surface area contributed by atoms with Crippen LogP contribution in [-0.2, 0) is 0 Å². The molecule has 1 aromatic carbocycles. The van der Waals surface area contributed by atoms with Crippen molar-refractivity contribution < 1.29 is 4.74 Å². The molecule has 2 aromatic rings. The minimum Gasteiger partial charge on any atom is -0.437 e. The Morgan fingerprint density at radius 1 is 1.24 bits per heavy atom. The Morgan fingerprint density at radius 2 is 1.94 bits per heavy atom. The number of nitrogens with two attached hydrogens (primary N) is 1. The Morgan fingerprint density at radius 3 is 2.59 bits per heavy atom. The third-order valence-corrected chi connectivity index (χ3v) is 2.53. The quantitative estimate of drug-likeness (QED) is 0.671. The van der Waals surface area contributed by atoms with E-state index < -0.39 is 0 Å². The number of nitrogen functional groups attached to an aromatic ring is 1. The monoisotopic (exact) mass is 292 g/mol. The van der Waals surface area contributed by atoms with Gasteiger partial charge in [0.15, 0.2) is 0 Å². The molecule has 3 N–H and O–H groups in total. The lowest BCUT2D eigenvalue weighted by Gasteiger charge is -2.07. The molecular weight excluding hydrogens is 284 g/mol. The first-order valence-electron chi connectivity index (χ1n) is 4.76. The zero-order chi connectivity index (χ0) is 12.3. The van der Waals surface area contributed by atoms with Crippen LogP contribution in [0.2, 0.25) is 0 Å². The number of benzene rings is 1. The Hall–Kier alpha value is -1.95. The lowest BCUT2D eigenvalue weighted by Crippen LogP contribution is -2.13. The zero-order valence-corrected chi connectivity index (χ0v) is 10.3. The molecule has 86 valence electrons. The van der Waals surface area contributed by atoms with Gasteiger partial charge in [0.2, 0.25) is 5.88 Å². The van der Waals surface area contributed by atoms with E-state index in [0.717, 1.165) is 4.47 Å². The Bertz CT molecular complexity index is 541. The maximum absolute atomic E-state index is 7.40. The number of ether oxygens (including phenoxy) is 1. The predicted molar refractivity (Wildman–Crippen MR) is 67.3 cm³/mol. The van der Waals surface area contributed by atoms with Crippen molar-refractivity contribution in [3.63, 3.8) is 0 Å². The molecule has 5 nitrogen and oxygen atoms in total. The summed E-state index contributed by atoms with van der Waals surface area (Å²) in [5.74, 6) is 0.727. The van der Waals surface area contributed by atoms with Crippen molar-refractivity contribution in [2.45, 2.75) is 0 Å². The van der Waals surface area contributed by atoms with Gasteiger partial charge in [-0.2, -0.15) is 5.10 Å². The first-order chi connectivity index (χ1) is 8.16. The van der Waals surface area contributed by atoms with Crippen molar-refractivity contribution >= 4 is 21.8 Å². The average molecular weight is 293 g/mol. The minimum atomic E-state index is -0.105. The molecule has 0 atom stereocenters. The maximum atomic E-state index is 7.40. The molecule has 0 spiro atoms. The van der Waals surface area contributed by atoms with Gasteiger partial charge in [-0.05, 0) is 30.3 Å². The van der Waals surface area contributed by atoms with Crippen LogP contribution in [0.1, 0.15) is 5.56 Å². The topological polar surface area (TPSA) is 84.9 Å². The van der Waals surface area contributed by atoms with Crippen LogP contribution in [-0.4, -0.2) is 16.0 Å². The van der Waals surface area contributed by atoms with E-state index in [-0.39, 0.29) is 11.7 Å². The summed E-state index contributed by atoms with van der Waals surface area (Å²) in [5.41, 5.74) is 5.84. The normalized spacial score (nSPS) is 9.94. The molecule has 0 fully saturated rings. The Labute approximate surface area is 106 Å². The highest BCUT2D eigenvalue weighted by Crippen LogP contribution is 2.23. The molecule has 0 saturated carbocycles. The molecule has 0 bridgehead atoms. The van der Waals surface area contributed by atoms with Gasteiger partial charge in [0, 0.05) is 4.47 Å². The molecule has 0 amide bonds. The Balaban J connectivity index is 2.30. The number of nitrogens with zero attached hydrogens (tertiary/aromatic N) is 2. The van der Waals surface area contributed by atoms with E-state index in [9.17, 15) is 0 Å². The van der Waals surface area contributed by atoms with Crippen molar-refractivity contribution in [1.29, 1.82) is 5.41 Å². The fraction of sp³-hybridized carbons (Fsp3) is 0. The zero-order valence-electron chi connectivity index (χ0n) is 8.72. The van der Waals surface area contributed by atoms with E-state index in [1.54, 1.807) is 18.2 Å². The Kier molecular flexibility index (Phi) is 3.34. The van der Waals surface area contributed by atoms with Gasteiger partial charge in [0.05, 0.1) is 11.8 Å². The van der Waals surface area contributed by atoms with Crippen LogP contribution in [0.25, 0.3) is 0 Å². The number of hydrogen-bond acceptors (Lipinski definition) is 4. The summed E-state index contributed by atoms with van der Waals surface area (Å²) in [6.45, 7) is 0. The molecular formula is C11H9BrN4O. The van der Waals surface area contributed by atoms with Gasteiger partial charge in [0.25, 0.3) is 0 Å². The summed E-state index contributed by atoms with van der Waals surface area (Å²) < 4.78 is 6.46. The number of aromatic nitrogens is 2. The largest absolute Gasteiger partial charge is 0.437 e. The van der Waals surface area contributed by atoms with Crippen LogP contribution < -0.4 is 10.5 Å². The van der Waals surface area contributed by atoms with E-state index in [1.165, 1.54) is 6.20 Å². The smallest absolute Gasteiger partial charge is 0.249 e. The summed E-state index contributed by atoms with van der Waals surface area (Å²) in [6.07, 6.45) is 1.46. The molecule has 0 aliphatic rings. The molecule has 0 unspecified atom stereocenters.